The highest BCUT2D eigenvalue weighted by Crippen LogP contribution is 2.42. The number of hydrogen-bond donors (Lipinski definition) is 1. The van der Waals surface area contributed by atoms with Gasteiger partial charge in [-0.15, -0.1) is 0 Å². The van der Waals surface area contributed by atoms with Crippen molar-refractivity contribution in [3.05, 3.63) is 29.3 Å². The van der Waals surface area contributed by atoms with Crippen molar-refractivity contribution >= 4 is 5.69 Å². The minimum absolute atomic E-state index is 0.625. The Morgan fingerprint density at radius 2 is 1.65 bits per heavy atom. The smallest absolute Gasteiger partial charge is 0.0426 e. The zero-order valence-electron chi connectivity index (χ0n) is 10.9. The average Bonchev–Trinajstić information content (AvgIpc) is 2.28. The van der Waals surface area contributed by atoms with Crippen molar-refractivity contribution in [1.82, 2.24) is 5.32 Å². The summed E-state index contributed by atoms with van der Waals surface area (Å²) in [6, 6.07) is 6.62. The van der Waals surface area contributed by atoms with Gasteiger partial charge in [0.1, 0.15) is 0 Å². The Balaban J connectivity index is 1.76. The van der Waals surface area contributed by atoms with Crippen molar-refractivity contribution in [2.75, 3.05) is 31.1 Å². The maximum absolute atomic E-state index is 3.47. The molecule has 0 atom stereocenters. The molecule has 2 aliphatic rings. The Hall–Kier alpha value is -1.02. The number of hydrogen-bond acceptors (Lipinski definition) is 2. The number of anilines is 1. The van der Waals surface area contributed by atoms with Gasteiger partial charge >= 0.3 is 0 Å². The third-order valence-electron chi connectivity index (χ3n) is 4.47. The van der Waals surface area contributed by atoms with Crippen molar-refractivity contribution in [1.29, 1.82) is 0 Å². The number of piperidine rings is 1. The van der Waals surface area contributed by atoms with Crippen LogP contribution < -0.4 is 10.2 Å². The van der Waals surface area contributed by atoms with Crippen LogP contribution in [0.25, 0.3) is 0 Å². The molecule has 0 saturated carbocycles. The van der Waals surface area contributed by atoms with Crippen LogP contribution in [-0.4, -0.2) is 26.2 Å². The zero-order valence-corrected chi connectivity index (χ0v) is 10.9. The summed E-state index contributed by atoms with van der Waals surface area (Å²) in [5, 5.41) is 3.47. The molecule has 3 rings (SSSR count). The third kappa shape index (κ3) is 1.85. The minimum atomic E-state index is 0.625. The second kappa shape index (κ2) is 4.02. The van der Waals surface area contributed by atoms with E-state index in [1.807, 2.05) is 0 Å². The van der Waals surface area contributed by atoms with E-state index >= 15 is 0 Å². The van der Waals surface area contributed by atoms with Crippen LogP contribution in [0, 0.1) is 19.3 Å². The van der Waals surface area contributed by atoms with E-state index in [2.05, 4.69) is 42.3 Å². The average molecular weight is 230 g/mol. The predicted octanol–water partition coefficient (Wildman–Crippen LogP) is 2.49. The molecule has 2 saturated heterocycles. The van der Waals surface area contributed by atoms with Gasteiger partial charge in [0.25, 0.3) is 0 Å². The molecule has 0 bridgehead atoms. The molecule has 1 aromatic carbocycles. The molecule has 0 aliphatic carbocycles. The van der Waals surface area contributed by atoms with Crippen LogP contribution in [0.3, 0.4) is 0 Å². The number of rotatable bonds is 1. The summed E-state index contributed by atoms with van der Waals surface area (Å²) in [4.78, 5) is 2.58. The van der Waals surface area contributed by atoms with Crippen LogP contribution in [-0.2, 0) is 0 Å². The molecule has 0 aromatic heterocycles. The van der Waals surface area contributed by atoms with Crippen LogP contribution in [0.5, 0.6) is 0 Å². The maximum Gasteiger partial charge on any atom is 0.0426 e. The highest BCUT2D eigenvalue weighted by atomic mass is 15.2. The van der Waals surface area contributed by atoms with E-state index in [0.29, 0.717) is 5.41 Å². The Labute approximate surface area is 104 Å². The molecule has 0 amide bonds. The van der Waals surface area contributed by atoms with E-state index in [1.165, 1.54) is 55.8 Å². The van der Waals surface area contributed by atoms with Crippen molar-refractivity contribution in [3.63, 3.8) is 0 Å². The Morgan fingerprint density at radius 1 is 1.06 bits per heavy atom. The van der Waals surface area contributed by atoms with Crippen LogP contribution in [0.2, 0.25) is 0 Å². The molecule has 92 valence electrons. The Bertz CT molecular complexity index is 391. The number of nitrogens with zero attached hydrogens (tertiary/aromatic N) is 1. The SMILES string of the molecule is Cc1cccc(C)c1N1CC2(CCNCC2)C1. The first-order valence-electron chi connectivity index (χ1n) is 6.72. The quantitative estimate of drug-likeness (QED) is 0.797. The molecule has 0 radical (unpaired) electrons. The largest absolute Gasteiger partial charge is 0.370 e. The number of benzene rings is 1. The maximum atomic E-state index is 3.47. The fraction of sp³-hybridized carbons (Fsp3) is 0.600. The summed E-state index contributed by atoms with van der Waals surface area (Å²) in [5.74, 6) is 0. The van der Waals surface area contributed by atoms with Crippen molar-refractivity contribution in [3.8, 4) is 0 Å². The van der Waals surface area contributed by atoms with Crippen LogP contribution in [0.4, 0.5) is 5.69 Å². The molecule has 1 aromatic rings. The number of aryl methyl sites for hydroxylation is 2. The van der Waals surface area contributed by atoms with Gasteiger partial charge in [-0.3, -0.25) is 0 Å². The van der Waals surface area contributed by atoms with Gasteiger partial charge in [0.15, 0.2) is 0 Å². The molecule has 2 heteroatoms. The first kappa shape index (κ1) is 11.1. The van der Waals surface area contributed by atoms with E-state index in [1.54, 1.807) is 0 Å². The van der Waals surface area contributed by atoms with Gasteiger partial charge in [0.2, 0.25) is 0 Å². The van der Waals surface area contributed by atoms with E-state index in [9.17, 15) is 0 Å². The first-order chi connectivity index (χ1) is 8.20. The molecule has 1 N–H and O–H groups in total. The van der Waals surface area contributed by atoms with E-state index < -0.39 is 0 Å². The van der Waals surface area contributed by atoms with Gasteiger partial charge in [0.05, 0.1) is 0 Å². The lowest BCUT2D eigenvalue weighted by molar-refractivity contribution is 0.149. The highest BCUT2D eigenvalue weighted by Gasteiger charge is 2.43. The fourth-order valence-corrected chi connectivity index (χ4v) is 3.50. The van der Waals surface area contributed by atoms with Gasteiger partial charge in [0, 0.05) is 24.2 Å². The minimum Gasteiger partial charge on any atom is -0.370 e. The Morgan fingerprint density at radius 3 is 2.24 bits per heavy atom. The van der Waals surface area contributed by atoms with Crippen molar-refractivity contribution in [2.45, 2.75) is 26.7 Å². The van der Waals surface area contributed by atoms with Crippen LogP contribution >= 0.6 is 0 Å². The lowest BCUT2D eigenvalue weighted by Crippen LogP contribution is -2.60. The van der Waals surface area contributed by atoms with Crippen molar-refractivity contribution < 1.29 is 0 Å². The van der Waals surface area contributed by atoms with Gasteiger partial charge in [-0.1, -0.05) is 18.2 Å². The van der Waals surface area contributed by atoms with Gasteiger partial charge in [-0.25, -0.2) is 0 Å². The summed E-state index contributed by atoms with van der Waals surface area (Å²) in [7, 11) is 0. The second-order valence-electron chi connectivity index (χ2n) is 5.85. The van der Waals surface area contributed by atoms with Crippen molar-refractivity contribution in [2.24, 2.45) is 5.41 Å². The lowest BCUT2D eigenvalue weighted by Gasteiger charge is -2.54. The van der Waals surface area contributed by atoms with E-state index in [0.717, 1.165) is 0 Å². The summed E-state index contributed by atoms with van der Waals surface area (Å²) >= 11 is 0. The molecular formula is C15H22N2. The van der Waals surface area contributed by atoms with Gasteiger partial charge in [-0.2, -0.15) is 0 Å². The second-order valence-corrected chi connectivity index (χ2v) is 5.85. The monoisotopic (exact) mass is 230 g/mol. The molecule has 2 nitrogen and oxygen atoms in total. The van der Waals surface area contributed by atoms with Crippen LogP contribution in [0.1, 0.15) is 24.0 Å². The molecule has 2 fully saturated rings. The molecule has 1 spiro atoms. The topological polar surface area (TPSA) is 15.3 Å². The summed E-state index contributed by atoms with van der Waals surface area (Å²) in [5.41, 5.74) is 4.96. The number of para-hydroxylation sites is 1. The summed E-state index contributed by atoms with van der Waals surface area (Å²) in [6.45, 7) is 9.41. The highest BCUT2D eigenvalue weighted by molar-refractivity contribution is 5.61. The van der Waals surface area contributed by atoms with Gasteiger partial charge < -0.3 is 10.2 Å². The lowest BCUT2D eigenvalue weighted by atomic mass is 9.72. The normalized spacial score (nSPS) is 22.6. The summed E-state index contributed by atoms with van der Waals surface area (Å²) < 4.78 is 0. The predicted molar refractivity (Wildman–Crippen MR) is 72.7 cm³/mol. The zero-order chi connectivity index (χ0) is 11.9. The molecule has 2 heterocycles. The van der Waals surface area contributed by atoms with Gasteiger partial charge in [-0.05, 0) is 50.9 Å². The van der Waals surface area contributed by atoms with E-state index in [4.69, 9.17) is 0 Å². The van der Waals surface area contributed by atoms with E-state index in [-0.39, 0.29) is 0 Å². The Kier molecular flexibility index (Phi) is 2.62. The molecular weight excluding hydrogens is 208 g/mol. The number of nitrogens with one attached hydrogen (secondary N) is 1. The fourth-order valence-electron chi connectivity index (χ4n) is 3.50. The molecule has 0 unspecified atom stereocenters. The molecule has 17 heavy (non-hydrogen) atoms. The summed E-state index contributed by atoms with van der Waals surface area (Å²) in [6.07, 6.45) is 2.71. The molecule has 2 aliphatic heterocycles. The standard InChI is InChI=1S/C15H22N2/c1-12-4-3-5-13(2)14(12)17-10-15(11-17)6-8-16-9-7-15/h3-5,16H,6-11H2,1-2H3. The van der Waals surface area contributed by atoms with Crippen LogP contribution in [0.15, 0.2) is 18.2 Å². The first-order valence-corrected chi connectivity index (χ1v) is 6.72. The third-order valence-corrected chi connectivity index (χ3v) is 4.47.